The van der Waals surface area contributed by atoms with Gasteiger partial charge >= 0.3 is 0 Å². The van der Waals surface area contributed by atoms with E-state index in [1.165, 1.54) is 12.1 Å². The zero-order valence-electron chi connectivity index (χ0n) is 13.5. The number of nitriles is 1. The van der Waals surface area contributed by atoms with Gasteiger partial charge in [0.1, 0.15) is 11.5 Å². The van der Waals surface area contributed by atoms with Crippen LogP contribution in [0.1, 0.15) is 23.9 Å². The normalized spacial score (nSPS) is 11.0. The highest BCUT2D eigenvalue weighted by Crippen LogP contribution is 2.15. The third kappa shape index (κ3) is 4.09. The Hall–Kier alpha value is -3.37. The van der Waals surface area contributed by atoms with Gasteiger partial charge in [-0.25, -0.2) is 9.07 Å². The van der Waals surface area contributed by atoms with E-state index < -0.39 is 5.82 Å². The zero-order valence-corrected chi connectivity index (χ0v) is 13.5. The van der Waals surface area contributed by atoms with Crippen LogP contribution < -0.4 is 0 Å². The number of allylic oxidation sites excluding steroid dienone is 5. The Labute approximate surface area is 141 Å². The number of hydrogen-bond donors (Lipinski definition) is 0. The first-order valence-corrected chi connectivity index (χ1v) is 7.32. The summed E-state index contributed by atoms with van der Waals surface area (Å²) in [5.41, 5.74) is 2.87. The van der Waals surface area contributed by atoms with Crippen molar-refractivity contribution in [2.75, 3.05) is 0 Å². The fourth-order valence-corrected chi connectivity index (χ4v) is 2.05. The number of hydrogen-bond acceptors (Lipinski definition) is 2. The van der Waals surface area contributed by atoms with Gasteiger partial charge in [0.2, 0.25) is 0 Å². The number of halogens is 1. The van der Waals surface area contributed by atoms with E-state index in [9.17, 15) is 4.39 Å². The van der Waals surface area contributed by atoms with Crippen LogP contribution in [0.25, 0.3) is 5.69 Å². The van der Waals surface area contributed by atoms with Gasteiger partial charge in [-0.1, -0.05) is 30.7 Å². The fourth-order valence-electron chi connectivity index (χ4n) is 2.05. The van der Waals surface area contributed by atoms with Crippen LogP contribution >= 0.6 is 0 Å². The molecule has 0 saturated carbocycles. The van der Waals surface area contributed by atoms with Crippen LogP contribution in [0.15, 0.2) is 60.7 Å². The number of aryl methyl sites for hydroxylation is 1. The summed E-state index contributed by atoms with van der Waals surface area (Å²) in [7, 11) is 0. The van der Waals surface area contributed by atoms with Crippen molar-refractivity contribution in [1.29, 1.82) is 5.26 Å². The van der Waals surface area contributed by atoms with Gasteiger partial charge in [0.15, 0.2) is 0 Å². The molecule has 0 unspecified atom stereocenters. The molecule has 0 amide bonds. The number of nitrogens with zero attached hydrogens (tertiary/aromatic N) is 3. The smallest absolute Gasteiger partial charge is 0.136 e. The second-order valence-corrected chi connectivity index (χ2v) is 4.99. The largest absolute Gasteiger partial charge is 0.237 e. The van der Waals surface area contributed by atoms with E-state index in [1.54, 1.807) is 22.9 Å². The minimum absolute atomic E-state index is 0.246. The minimum atomic E-state index is -0.477. The highest BCUT2D eigenvalue weighted by atomic mass is 19.1. The van der Waals surface area contributed by atoms with Gasteiger partial charge in [0.25, 0.3) is 0 Å². The molecule has 0 atom stereocenters. The molecule has 0 N–H and O–H groups in total. The van der Waals surface area contributed by atoms with Crippen LogP contribution in [0, 0.1) is 35.9 Å². The monoisotopic (exact) mass is 317 g/mol. The quantitative estimate of drug-likeness (QED) is 0.628. The van der Waals surface area contributed by atoms with Gasteiger partial charge in [0, 0.05) is 11.3 Å². The molecule has 0 radical (unpaired) electrons. The summed E-state index contributed by atoms with van der Waals surface area (Å²) in [6.07, 6.45) is 7.31. The summed E-state index contributed by atoms with van der Waals surface area (Å²) in [6, 6.07) is 7.85. The van der Waals surface area contributed by atoms with E-state index in [0.29, 0.717) is 11.4 Å². The highest BCUT2D eigenvalue weighted by molar-refractivity contribution is 5.46. The molecule has 0 aliphatic rings. The SMILES string of the molecule is C=C/C(C#Cc1cc(C)n(-c2cc(F)cc(C#N)c2)n1)=C\C=C/C. The Balaban J connectivity index is 2.40. The molecule has 3 nitrogen and oxygen atoms in total. The Morgan fingerprint density at radius 1 is 1.33 bits per heavy atom. The van der Waals surface area contributed by atoms with Crippen LogP contribution in [0.5, 0.6) is 0 Å². The summed E-state index contributed by atoms with van der Waals surface area (Å²) < 4.78 is 15.2. The maximum atomic E-state index is 13.6. The number of rotatable bonds is 3. The number of benzene rings is 1. The first-order chi connectivity index (χ1) is 11.6. The molecule has 1 heterocycles. The van der Waals surface area contributed by atoms with Crippen LogP contribution in [-0.2, 0) is 0 Å². The molecule has 2 rings (SSSR count). The van der Waals surface area contributed by atoms with E-state index >= 15 is 0 Å². The topological polar surface area (TPSA) is 41.6 Å². The molecule has 0 aliphatic carbocycles. The minimum Gasteiger partial charge on any atom is -0.237 e. The molecule has 2 aromatic rings. The lowest BCUT2D eigenvalue weighted by molar-refractivity contribution is 0.624. The summed E-state index contributed by atoms with van der Waals surface area (Å²) in [6.45, 7) is 7.49. The maximum absolute atomic E-state index is 13.6. The average Bonchev–Trinajstić information content (AvgIpc) is 2.95. The second-order valence-electron chi connectivity index (χ2n) is 4.99. The molecule has 0 aliphatic heterocycles. The first-order valence-electron chi connectivity index (χ1n) is 7.32. The predicted octanol–water partition coefficient (Wildman–Crippen LogP) is 4.23. The lowest BCUT2D eigenvalue weighted by Gasteiger charge is -2.04. The van der Waals surface area contributed by atoms with Gasteiger partial charge in [-0.3, -0.25) is 0 Å². The van der Waals surface area contributed by atoms with Crippen LogP contribution in [-0.4, -0.2) is 9.78 Å². The fraction of sp³-hybridized carbons (Fsp3) is 0.100. The Bertz CT molecular complexity index is 928. The molecule has 4 heteroatoms. The molecule has 0 bridgehead atoms. The average molecular weight is 317 g/mol. The molecule has 0 spiro atoms. The Morgan fingerprint density at radius 2 is 2.12 bits per heavy atom. The van der Waals surface area contributed by atoms with Crippen molar-refractivity contribution in [3.8, 4) is 23.6 Å². The van der Waals surface area contributed by atoms with Crippen molar-refractivity contribution >= 4 is 0 Å². The maximum Gasteiger partial charge on any atom is 0.136 e. The zero-order chi connectivity index (χ0) is 17.5. The summed E-state index contributed by atoms with van der Waals surface area (Å²) in [5, 5.41) is 13.3. The Kier molecular flexibility index (Phi) is 5.49. The molecule has 1 aromatic carbocycles. The first kappa shape index (κ1) is 17.0. The molecule has 0 saturated heterocycles. The van der Waals surface area contributed by atoms with Gasteiger partial charge in [-0.05, 0) is 50.1 Å². The van der Waals surface area contributed by atoms with E-state index in [4.69, 9.17) is 5.26 Å². The molecule has 0 fully saturated rings. The molecule has 24 heavy (non-hydrogen) atoms. The molecule has 1 aromatic heterocycles. The predicted molar refractivity (Wildman–Crippen MR) is 92.9 cm³/mol. The van der Waals surface area contributed by atoms with Crippen molar-refractivity contribution in [1.82, 2.24) is 9.78 Å². The van der Waals surface area contributed by atoms with E-state index in [0.717, 1.165) is 11.3 Å². The van der Waals surface area contributed by atoms with Crippen molar-refractivity contribution < 1.29 is 4.39 Å². The molecule has 118 valence electrons. The lowest BCUT2D eigenvalue weighted by Crippen LogP contribution is -2.00. The van der Waals surface area contributed by atoms with Crippen molar-refractivity contribution in [2.24, 2.45) is 0 Å². The van der Waals surface area contributed by atoms with E-state index in [-0.39, 0.29) is 5.56 Å². The third-order valence-electron chi connectivity index (χ3n) is 3.17. The van der Waals surface area contributed by atoms with Crippen LogP contribution in [0.3, 0.4) is 0 Å². The van der Waals surface area contributed by atoms with Crippen molar-refractivity contribution in [2.45, 2.75) is 13.8 Å². The van der Waals surface area contributed by atoms with Crippen molar-refractivity contribution in [3.63, 3.8) is 0 Å². The summed E-state index contributed by atoms with van der Waals surface area (Å²) in [4.78, 5) is 0. The van der Waals surface area contributed by atoms with E-state index in [2.05, 4.69) is 23.5 Å². The second kappa shape index (κ2) is 7.76. The number of aromatic nitrogens is 2. The van der Waals surface area contributed by atoms with Crippen molar-refractivity contribution in [3.05, 3.63) is 83.5 Å². The van der Waals surface area contributed by atoms with Gasteiger partial charge in [-0.2, -0.15) is 10.4 Å². The third-order valence-corrected chi connectivity index (χ3v) is 3.17. The Morgan fingerprint density at radius 3 is 2.79 bits per heavy atom. The summed E-state index contributed by atoms with van der Waals surface area (Å²) >= 11 is 0. The van der Waals surface area contributed by atoms with E-state index in [1.807, 2.05) is 38.1 Å². The molecular weight excluding hydrogens is 301 g/mol. The standard InChI is InChI=1S/C20H16FN3/c1-4-6-7-16(5-2)8-9-19-10-15(3)24(23-19)20-12-17(14-22)11-18(21)13-20/h4-7,10-13H,2H2,1,3H3/b6-4-,16-7+. The summed E-state index contributed by atoms with van der Waals surface area (Å²) in [5.74, 6) is 5.47. The van der Waals surface area contributed by atoms with Crippen LogP contribution in [0.4, 0.5) is 4.39 Å². The lowest BCUT2D eigenvalue weighted by atomic mass is 10.2. The van der Waals surface area contributed by atoms with Gasteiger partial charge in [-0.15, -0.1) is 0 Å². The molecular formula is C20H16FN3. The van der Waals surface area contributed by atoms with Crippen LogP contribution in [0.2, 0.25) is 0 Å². The van der Waals surface area contributed by atoms with Gasteiger partial charge < -0.3 is 0 Å². The highest BCUT2D eigenvalue weighted by Gasteiger charge is 2.08. The van der Waals surface area contributed by atoms with Gasteiger partial charge in [0.05, 0.1) is 17.3 Å².